The van der Waals surface area contributed by atoms with E-state index >= 15 is 0 Å². The predicted molar refractivity (Wildman–Crippen MR) is 59.8 cm³/mol. The topological polar surface area (TPSA) is 49.8 Å². The first-order valence-corrected chi connectivity index (χ1v) is 5.27. The third-order valence-electron chi connectivity index (χ3n) is 2.97. The van der Waals surface area contributed by atoms with Crippen LogP contribution in [0.15, 0.2) is 18.2 Å². The highest BCUT2D eigenvalue weighted by Gasteiger charge is 2.19. The molecule has 0 aromatic heterocycles. The Morgan fingerprint density at radius 2 is 2.31 bits per heavy atom. The van der Waals surface area contributed by atoms with Crippen LogP contribution in [0.25, 0.3) is 0 Å². The zero-order valence-electron chi connectivity index (χ0n) is 9.43. The van der Waals surface area contributed by atoms with Crippen molar-refractivity contribution in [3.8, 4) is 5.75 Å². The van der Waals surface area contributed by atoms with Crippen LogP contribution in [-0.4, -0.2) is 35.7 Å². The van der Waals surface area contributed by atoms with E-state index in [9.17, 15) is 4.79 Å². The summed E-state index contributed by atoms with van der Waals surface area (Å²) in [6.45, 7) is 3.47. The van der Waals surface area contributed by atoms with Gasteiger partial charge in [-0.05, 0) is 26.1 Å². The highest BCUT2D eigenvalue weighted by Crippen LogP contribution is 2.25. The van der Waals surface area contributed by atoms with E-state index in [-0.39, 0.29) is 5.56 Å². The van der Waals surface area contributed by atoms with Gasteiger partial charge in [0.1, 0.15) is 12.4 Å². The van der Waals surface area contributed by atoms with Crippen molar-refractivity contribution < 1.29 is 14.6 Å². The average molecular weight is 221 g/mol. The summed E-state index contributed by atoms with van der Waals surface area (Å²) in [4.78, 5) is 13.0. The monoisotopic (exact) mass is 221 g/mol. The predicted octanol–water partition coefficient (Wildman–Crippen LogP) is 1.60. The van der Waals surface area contributed by atoms with E-state index < -0.39 is 5.97 Å². The quantitative estimate of drug-likeness (QED) is 0.782. The Morgan fingerprint density at radius 1 is 1.56 bits per heavy atom. The number of hydrogen-bond acceptors (Lipinski definition) is 3. The van der Waals surface area contributed by atoms with Crippen LogP contribution in [0.2, 0.25) is 0 Å². The van der Waals surface area contributed by atoms with Crippen molar-refractivity contribution in [1.82, 2.24) is 4.90 Å². The lowest BCUT2D eigenvalue weighted by Gasteiger charge is -2.19. The largest absolute Gasteiger partial charge is 0.492 e. The first-order chi connectivity index (χ1) is 7.58. The number of ether oxygens (including phenoxy) is 1. The zero-order chi connectivity index (χ0) is 11.7. The van der Waals surface area contributed by atoms with Crippen LogP contribution < -0.4 is 4.74 Å². The van der Waals surface area contributed by atoms with Crippen molar-refractivity contribution in [3.05, 3.63) is 29.3 Å². The number of fused-ring (bicyclic) bond motifs is 1. The molecule has 1 aromatic carbocycles. The molecule has 4 heteroatoms. The van der Waals surface area contributed by atoms with Gasteiger partial charge in [-0.25, -0.2) is 4.79 Å². The van der Waals surface area contributed by atoms with E-state index in [0.29, 0.717) is 18.4 Å². The summed E-state index contributed by atoms with van der Waals surface area (Å²) in [5.74, 6) is -0.229. The van der Waals surface area contributed by atoms with Crippen LogP contribution in [0, 0.1) is 0 Å². The maximum Gasteiger partial charge on any atom is 0.335 e. The normalized spacial score (nSPS) is 20.8. The first-order valence-electron chi connectivity index (χ1n) is 5.27. The Hall–Kier alpha value is -1.55. The second-order valence-corrected chi connectivity index (χ2v) is 4.20. The van der Waals surface area contributed by atoms with Gasteiger partial charge in [-0.2, -0.15) is 0 Å². The molecule has 1 aliphatic rings. The number of carboxylic acids is 1. The Labute approximate surface area is 94.4 Å². The SMILES string of the molecule is C[C@H]1COc2cc(C(=O)O)ccc2CN1C. The van der Waals surface area contributed by atoms with E-state index in [4.69, 9.17) is 9.84 Å². The molecule has 0 bridgehead atoms. The number of aromatic carboxylic acids is 1. The number of likely N-dealkylation sites (N-methyl/N-ethyl adjacent to an activating group) is 1. The van der Waals surface area contributed by atoms with Gasteiger partial charge in [0.25, 0.3) is 0 Å². The molecular weight excluding hydrogens is 206 g/mol. The van der Waals surface area contributed by atoms with Gasteiger partial charge in [0.2, 0.25) is 0 Å². The van der Waals surface area contributed by atoms with E-state index in [1.165, 1.54) is 0 Å². The Balaban J connectivity index is 2.34. The molecule has 0 aliphatic carbocycles. The summed E-state index contributed by atoms with van der Waals surface area (Å²) in [5.41, 5.74) is 1.31. The molecular formula is C12H15NO3. The molecule has 0 amide bonds. The summed E-state index contributed by atoms with van der Waals surface area (Å²) in [6.07, 6.45) is 0. The van der Waals surface area contributed by atoms with E-state index in [1.807, 2.05) is 13.1 Å². The molecule has 0 unspecified atom stereocenters. The maximum absolute atomic E-state index is 10.8. The lowest BCUT2D eigenvalue weighted by molar-refractivity contribution is 0.0696. The Morgan fingerprint density at radius 3 is 3.00 bits per heavy atom. The summed E-state index contributed by atoms with van der Waals surface area (Å²) in [7, 11) is 2.04. The van der Waals surface area contributed by atoms with Gasteiger partial charge >= 0.3 is 5.97 Å². The minimum Gasteiger partial charge on any atom is -0.492 e. The first kappa shape index (κ1) is 11.0. The van der Waals surface area contributed by atoms with Gasteiger partial charge in [0.15, 0.2) is 0 Å². The number of rotatable bonds is 1. The number of carbonyl (C=O) groups is 1. The number of benzene rings is 1. The number of hydrogen-bond donors (Lipinski definition) is 1. The molecule has 1 heterocycles. The molecule has 0 radical (unpaired) electrons. The molecule has 86 valence electrons. The third kappa shape index (κ3) is 2.02. The van der Waals surface area contributed by atoms with Gasteiger partial charge in [0.05, 0.1) is 5.56 Å². The summed E-state index contributed by atoms with van der Waals surface area (Å²) in [5, 5.41) is 8.89. The molecule has 1 N–H and O–H groups in total. The van der Waals surface area contributed by atoms with Crippen molar-refractivity contribution in [3.63, 3.8) is 0 Å². The van der Waals surface area contributed by atoms with Crippen LogP contribution >= 0.6 is 0 Å². The fourth-order valence-electron chi connectivity index (χ4n) is 1.71. The third-order valence-corrected chi connectivity index (χ3v) is 2.97. The van der Waals surface area contributed by atoms with Crippen molar-refractivity contribution >= 4 is 5.97 Å². The standard InChI is InChI=1S/C12H15NO3/c1-8-7-16-11-5-9(12(14)15)3-4-10(11)6-13(8)2/h3-5,8H,6-7H2,1-2H3,(H,14,15)/t8-/m0/s1. The van der Waals surface area contributed by atoms with Crippen molar-refractivity contribution in [2.75, 3.05) is 13.7 Å². The van der Waals surface area contributed by atoms with E-state index in [2.05, 4.69) is 11.8 Å². The van der Waals surface area contributed by atoms with Crippen LogP contribution in [0.4, 0.5) is 0 Å². The lowest BCUT2D eigenvalue weighted by atomic mass is 10.1. The molecule has 4 nitrogen and oxygen atoms in total. The smallest absolute Gasteiger partial charge is 0.335 e. The van der Waals surface area contributed by atoms with Gasteiger partial charge in [-0.15, -0.1) is 0 Å². The summed E-state index contributed by atoms with van der Waals surface area (Å²) < 4.78 is 5.62. The summed E-state index contributed by atoms with van der Waals surface area (Å²) >= 11 is 0. The highest BCUT2D eigenvalue weighted by atomic mass is 16.5. The van der Waals surface area contributed by atoms with Crippen LogP contribution in [0.1, 0.15) is 22.8 Å². The van der Waals surface area contributed by atoms with Crippen LogP contribution in [0.3, 0.4) is 0 Å². The summed E-state index contributed by atoms with van der Waals surface area (Å²) in [6, 6.07) is 5.38. The number of carboxylic acid groups (broad SMARTS) is 1. The van der Waals surface area contributed by atoms with Crippen molar-refractivity contribution in [2.45, 2.75) is 19.5 Å². The molecule has 0 fully saturated rings. The van der Waals surface area contributed by atoms with Gasteiger partial charge in [-0.1, -0.05) is 6.07 Å². The van der Waals surface area contributed by atoms with Crippen LogP contribution in [0.5, 0.6) is 5.75 Å². The fraction of sp³-hybridized carbons (Fsp3) is 0.417. The molecule has 0 spiro atoms. The molecule has 1 aliphatic heterocycles. The molecule has 2 rings (SSSR count). The second kappa shape index (κ2) is 4.14. The Bertz CT molecular complexity index is 417. The lowest BCUT2D eigenvalue weighted by Crippen LogP contribution is -2.31. The molecule has 1 atom stereocenters. The maximum atomic E-state index is 10.8. The van der Waals surface area contributed by atoms with Crippen molar-refractivity contribution in [2.24, 2.45) is 0 Å². The number of nitrogens with zero attached hydrogens (tertiary/aromatic N) is 1. The zero-order valence-corrected chi connectivity index (χ0v) is 9.43. The minimum atomic E-state index is -0.919. The molecule has 0 saturated heterocycles. The van der Waals surface area contributed by atoms with Gasteiger partial charge in [-0.3, -0.25) is 4.90 Å². The highest BCUT2D eigenvalue weighted by molar-refractivity contribution is 5.88. The average Bonchev–Trinajstić information content (AvgIpc) is 2.39. The minimum absolute atomic E-state index is 0.274. The molecule has 16 heavy (non-hydrogen) atoms. The van der Waals surface area contributed by atoms with E-state index in [0.717, 1.165) is 12.1 Å². The molecule has 0 saturated carbocycles. The fourth-order valence-corrected chi connectivity index (χ4v) is 1.71. The van der Waals surface area contributed by atoms with Crippen molar-refractivity contribution in [1.29, 1.82) is 0 Å². The molecule has 1 aromatic rings. The van der Waals surface area contributed by atoms with E-state index in [1.54, 1.807) is 12.1 Å². The van der Waals surface area contributed by atoms with Gasteiger partial charge < -0.3 is 9.84 Å². The Kier molecular flexibility index (Phi) is 2.83. The van der Waals surface area contributed by atoms with Crippen LogP contribution in [-0.2, 0) is 6.54 Å². The van der Waals surface area contributed by atoms with Gasteiger partial charge in [0, 0.05) is 18.2 Å². The second-order valence-electron chi connectivity index (χ2n) is 4.20.